The number of piperidine rings is 1. The minimum Gasteiger partial charge on any atom is -0.377 e. The van der Waals surface area contributed by atoms with E-state index in [0.29, 0.717) is 12.1 Å². The Labute approximate surface area is 68.3 Å². The summed E-state index contributed by atoms with van der Waals surface area (Å²) in [6.07, 6.45) is 6.89. The molecule has 63 valence electrons. The molecule has 2 fully saturated rings. The molecule has 11 heavy (non-hydrogen) atoms. The highest BCUT2D eigenvalue weighted by molar-refractivity contribution is 4.82. The molecule has 2 aliphatic heterocycles. The van der Waals surface area contributed by atoms with Crippen LogP contribution in [0, 0.1) is 0 Å². The standard InChI is InChI=1S/C9H16NO/c1-2-6-10-8(4-1)9-5-3-7-11-9/h8-9H,1-7H2. The Morgan fingerprint density at radius 3 is 2.73 bits per heavy atom. The number of ether oxygens (including phenoxy) is 1. The molecule has 0 N–H and O–H groups in total. The number of hydrogen-bond donors (Lipinski definition) is 0. The second-order valence-corrected chi connectivity index (χ2v) is 3.52. The van der Waals surface area contributed by atoms with Crippen molar-refractivity contribution in [3.8, 4) is 0 Å². The van der Waals surface area contributed by atoms with E-state index in [0.717, 1.165) is 13.2 Å². The molecule has 0 aliphatic carbocycles. The van der Waals surface area contributed by atoms with Crippen LogP contribution in [-0.4, -0.2) is 25.3 Å². The monoisotopic (exact) mass is 154 g/mol. The normalized spacial score (nSPS) is 39.3. The quantitative estimate of drug-likeness (QED) is 0.558. The molecule has 1 radical (unpaired) electrons. The van der Waals surface area contributed by atoms with E-state index in [4.69, 9.17) is 4.74 Å². The summed E-state index contributed by atoms with van der Waals surface area (Å²) in [4.78, 5) is 0. The first-order valence-corrected chi connectivity index (χ1v) is 4.75. The van der Waals surface area contributed by atoms with Gasteiger partial charge in [-0.15, -0.1) is 0 Å². The van der Waals surface area contributed by atoms with E-state index in [-0.39, 0.29) is 0 Å². The molecule has 0 aromatic rings. The van der Waals surface area contributed by atoms with Crippen molar-refractivity contribution >= 4 is 0 Å². The molecule has 2 unspecified atom stereocenters. The Balaban J connectivity index is 1.82. The van der Waals surface area contributed by atoms with Gasteiger partial charge in [0.15, 0.2) is 0 Å². The summed E-state index contributed by atoms with van der Waals surface area (Å²) in [5, 5.41) is 4.59. The lowest BCUT2D eigenvalue weighted by atomic mass is 9.98. The fourth-order valence-corrected chi connectivity index (χ4v) is 2.02. The zero-order chi connectivity index (χ0) is 7.52. The van der Waals surface area contributed by atoms with Crippen molar-refractivity contribution in [3.05, 3.63) is 0 Å². The Bertz CT molecular complexity index is 115. The van der Waals surface area contributed by atoms with E-state index in [9.17, 15) is 0 Å². The molecule has 0 saturated carbocycles. The number of nitrogens with zero attached hydrogens (tertiary/aromatic N) is 1. The van der Waals surface area contributed by atoms with Gasteiger partial charge in [-0.3, -0.25) is 0 Å². The summed E-state index contributed by atoms with van der Waals surface area (Å²) in [5.41, 5.74) is 0. The van der Waals surface area contributed by atoms with E-state index in [2.05, 4.69) is 5.32 Å². The maximum absolute atomic E-state index is 5.60. The first kappa shape index (κ1) is 7.56. The van der Waals surface area contributed by atoms with Crippen molar-refractivity contribution < 1.29 is 4.74 Å². The van der Waals surface area contributed by atoms with Gasteiger partial charge in [0.05, 0.1) is 12.1 Å². The average Bonchev–Trinajstić information content (AvgIpc) is 2.58. The van der Waals surface area contributed by atoms with Gasteiger partial charge in [-0.2, -0.15) is 0 Å². The van der Waals surface area contributed by atoms with Gasteiger partial charge in [0.1, 0.15) is 0 Å². The van der Waals surface area contributed by atoms with Crippen LogP contribution in [0.25, 0.3) is 0 Å². The molecule has 2 heterocycles. The maximum Gasteiger partial charge on any atom is 0.0745 e. The van der Waals surface area contributed by atoms with Gasteiger partial charge in [-0.25, -0.2) is 5.32 Å². The van der Waals surface area contributed by atoms with E-state index >= 15 is 0 Å². The molecular weight excluding hydrogens is 138 g/mol. The van der Waals surface area contributed by atoms with Crippen LogP contribution in [0.15, 0.2) is 0 Å². The van der Waals surface area contributed by atoms with E-state index in [1.807, 2.05) is 0 Å². The van der Waals surface area contributed by atoms with Gasteiger partial charge in [0.2, 0.25) is 0 Å². The molecule has 0 aromatic carbocycles. The minimum atomic E-state index is 0.482. The van der Waals surface area contributed by atoms with Gasteiger partial charge in [-0.1, -0.05) is 6.42 Å². The molecule has 2 rings (SSSR count). The molecule has 0 bridgehead atoms. The highest BCUT2D eigenvalue weighted by atomic mass is 16.5. The fourth-order valence-electron chi connectivity index (χ4n) is 2.02. The molecule has 0 amide bonds. The van der Waals surface area contributed by atoms with Crippen molar-refractivity contribution in [2.24, 2.45) is 0 Å². The summed E-state index contributed by atoms with van der Waals surface area (Å²) >= 11 is 0. The first-order valence-electron chi connectivity index (χ1n) is 4.75. The molecule has 2 aliphatic rings. The van der Waals surface area contributed by atoms with Gasteiger partial charge in [0.25, 0.3) is 0 Å². The van der Waals surface area contributed by atoms with Crippen LogP contribution in [0.2, 0.25) is 0 Å². The van der Waals surface area contributed by atoms with Crippen LogP contribution < -0.4 is 5.32 Å². The maximum atomic E-state index is 5.60. The van der Waals surface area contributed by atoms with Crippen LogP contribution in [0.1, 0.15) is 32.1 Å². The molecule has 2 atom stereocenters. The molecule has 2 nitrogen and oxygen atoms in total. The first-order chi connectivity index (χ1) is 5.47. The van der Waals surface area contributed by atoms with Crippen molar-refractivity contribution in [3.63, 3.8) is 0 Å². The van der Waals surface area contributed by atoms with Gasteiger partial charge in [0, 0.05) is 13.2 Å². The second kappa shape index (κ2) is 3.55. The lowest BCUT2D eigenvalue weighted by Crippen LogP contribution is -2.37. The van der Waals surface area contributed by atoms with Crippen LogP contribution >= 0.6 is 0 Å². The van der Waals surface area contributed by atoms with Gasteiger partial charge < -0.3 is 4.74 Å². The Morgan fingerprint density at radius 2 is 2.09 bits per heavy atom. The summed E-state index contributed by atoms with van der Waals surface area (Å²) in [7, 11) is 0. The summed E-state index contributed by atoms with van der Waals surface area (Å²) < 4.78 is 5.60. The molecule has 2 saturated heterocycles. The second-order valence-electron chi connectivity index (χ2n) is 3.52. The third kappa shape index (κ3) is 1.74. The summed E-state index contributed by atoms with van der Waals surface area (Å²) in [6, 6.07) is 0.547. The predicted octanol–water partition coefficient (Wildman–Crippen LogP) is 1.32. The van der Waals surface area contributed by atoms with E-state index in [1.54, 1.807) is 0 Å². The molecule has 2 heteroatoms. The highest BCUT2D eigenvalue weighted by Crippen LogP contribution is 2.21. The third-order valence-electron chi connectivity index (χ3n) is 2.67. The van der Waals surface area contributed by atoms with Crippen molar-refractivity contribution in [2.75, 3.05) is 13.2 Å². The minimum absolute atomic E-state index is 0.482. The van der Waals surface area contributed by atoms with Gasteiger partial charge in [-0.05, 0) is 25.7 Å². The van der Waals surface area contributed by atoms with Crippen molar-refractivity contribution in [2.45, 2.75) is 44.2 Å². The Kier molecular flexibility index (Phi) is 2.44. The lowest BCUT2D eigenvalue weighted by molar-refractivity contribution is 0.0680. The van der Waals surface area contributed by atoms with Crippen molar-refractivity contribution in [1.29, 1.82) is 0 Å². The SMILES string of the molecule is C1CCC(C2CCCO2)[N]C1. The van der Waals surface area contributed by atoms with Crippen LogP contribution in [-0.2, 0) is 4.74 Å². The smallest absolute Gasteiger partial charge is 0.0745 e. The molecule has 0 aromatic heterocycles. The topological polar surface area (TPSA) is 23.3 Å². The third-order valence-corrected chi connectivity index (χ3v) is 2.67. The van der Waals surface area contributed by atoms with Crippen LogP contribution in [0.5, 0.6) is 0 Å². The number of hydrogen-bond acceptors (Lipinski definition) is 1. The van der Waals surface area contributed by atoms with Gasteiger partial charge >= 0.3 is 0 Å². The summed E-state index contributed by atoms with van der Waals surface area (Å²) in [6.45, 7) is 2.04. The zero-order valence-electron chi connectivity index (χ0n) is 6.96. The fraction of sp³-hybridized carbons (Fsp3) is 1.00. The van der Waals surface area contributed by atoms with Crippen LogP contribution in [0.3, 0.4) is 0 Å². The summed E-state index contributed by atoms with van der Waals surface area (Å²) in [5.74, 6) is 0. The Morgan fingerprint density at radius 1 is 1.09 bits per heavy atom. The van der Waals surface area contributed by atoms with E-state index in [1.165, 1.54) is 32.1 Å². The Hall–Kier alpha value is -0.0800. The lowest BCUT2D eigenvalue weighted by Gasteiger charge is -2.26. The average molecular weight is 154 g/mol. The highest BCUT2D eigenvalue weighted by Gasteiger charge is 2.27. The molecule has 0 spiro atoms. The van der Waals surface area contributed by atoms with Crippen LogP contribution in [0.4, 0.5) is 0 Å². The number of rotatable bonds is 1. The van der Waals surface area contributed by atoms with E-state index < -0.39 is 0 Å². The van der Waals surface area contributed by atoms with Crippen molar-refractivity contribution in [1.82, 2.24) is 5.32 Å². The largest absolute Gasteiger partial charge is 0.377 e. The zero-order valence-corrected chi connectivity index (χ0v) is 6.96. The predicted molar refractivity (Wildman–Crippen MR) is 43.6 cm³/mol. The molecular formula is C9H16NO.